The summed E-state index contributed by atoms with van der Waals surface area (Å²) < 4.78 is 0. The second-order valence-electron chi connectivity index (χ2n) is 6.96. The van der Waals surface area contributed by atoms with Gasteiger partial charge in [-0.3, -0.25) is 9.78 Å². The minimum atomic E-state index is -0.118. The van der Waals surface area contributed by atoms with Gasteiger partial charge in [0, 0.05) is 55.6 Å². The summed E-state index contributed by atoms with van der Waals surface area (Å²) in [7, 11) is 1.63. The maximum absolute atomic E-state index is 12.1. The molecule has 156 valence electrons. The topological polar surface area (TPSA) is 106 Å². The number of carbonyl (C=O) groups excluding carboxylic acids is 1. The van der Waals surface area contributed by atoms with E-state index in [4.69, 9.17) is 0 Å². The number of pyridine rings is 1. The quantitative estimate of drug-likeness (QED) is 0.480. The van der Waals surface area contributed by atoms with Crippen molar-refractivity contribution >= 4 is 22.6 Å². The van der Waals surface area contributed by atoms with Crippen LogP contribution in [-0.4, -0.2) is 44.4 Å². The van der Waals surface area contributed by atoms with E-state index in [9.17, 15) is 4.79 Å². The molecular weight excluding hydrogens is 390 g/mol. The minimum absolute atomic E-state index is 0.118. The van der Waals surface area contributed by atoms with Gasteiger partial charge in [0.1, 0.15) is 18.0 Å². The molecule has 0 aliphatic heterocycles. The van der Waals surface area contributed by atoms with Gasteiger partial charge < -0.3 is 10.6 Å². The Labute approximate surface area is 180 Å². The Kier molecular flexibility index (Phi) is 6.07. The first-order valence-corrected chi connectivity index (χ1v) is 10.2. The van der Waals surface area contributed by atoms with Gasteiger partial charge >= 0.3 is 0 Å². The summed E-state index contributed by atoms with van der Waals surface area (Å²) in [6.45, 7) is 2.68. The molecular formula is C23H23N7O. The van der Waals surface area contributed by atoms with Crippen molar-refractivity contribution in [3.05, 3.63) is 72.2 Å². The first kappa shape index (κ1) is 20.3. The molecule has 31 heavy (non-hydrogen) atoms. The van der Waals surface area contributed by atoms with E-state index in [1.54, 1.807) is 31.7 Å². The molecule has 0 aliphatic carbocycles. The number of amides is 1. The monoisotopic (exact) mass is 413 g/mol. The number of aryl methyl sites for hydroxylation is 1. The molecule has 0 atom stereocenters. The van der Waals surface area contributed by atoms with Gasteiger partial charge in [-0.2, -0.15) is 0 Å². The summed E-state index contributed by atoms with van der Waals surface area (Å²) in [6, 6.07) is 9.53. The third-order valence-corrected chi connectivity index (χ3v) is 5.01. The van der Waals surface area contributed by atoms with Gasteiger partial charge in [0.2, 0.25) is 0 Å². The minimum Gasteiger partial charge on any atom is -0.370 e. The van der Waals surface area contributed by atoms with Crippen LogP contribution in [0.15, 0.2) is 55.2 Å². The predicted molar refractivity (Wildman–Crippen MR) is 120 cm³/mol. The molecule has 0 spiro atoms. The molecule has 0 saturated heterocycles. The standard InChI is InChI=1S/C23H23N7O/c1-3-20-27-12-16(13-28-20)19-11-21(30-14-29-19)25-9-7-15-5-4-6-17-18(23(31)24-2)8-10-26-22(15)17/h4-6,8,10-14H,3,7,9H2,1-2H3,(H,24,31)(H,25,29,30). The predicted octanol–water partition coefficient (Wildman–Crippen LogP) is 3.06. The molecule has 3 heterocycles. The van der Waals surface area contributed by atoms with Crippen LogP contribution >= 0.6 is 0 Å². The number of nitrogens with one attached hydrogen (secondary N) is 2. The summed E-state index contributed by atoms with van der Waals surface area (Å²) in [4.78, 5) is 34.0. The van der Waals surface area contributed by atoms with Crippen molar-refractivity contribution in [3.63, 3.8) is 0 Å². The smallest absolute Gasteiger partial charge is 0.251 e. The summed E-state index contributed by atoms with van der Waals surface area (Å²) in [5, 5.41) is 6.87. The average molecular weight is 413 g/mol. The van der Waals surface area contributed by atoms with Crippen molar-refractivity contribution in [2.45, 2.75) is 19.8 Å². The van der Waals surface area contributed by atoms with Gasteiger partial charge in [-0.05, 0) is 18.1 Å². The zero-order valence-electron chi connectivity index (χ0n) is 17.5. The molecule has 8 heteroatoms. The van der Waals surface area contributed by atoms with Crippen molar-refractivity contribution < 1.29 is 4.79 Å². The Morgan fingerprint density at radius 2 is 1.87 bits per heavy atom. The third kappa shape index (κ3) is 4.48. The highest BCUT2D eigenvalue weighted by Gasteiger charge is 2.11. The largest absolute Gasteiger partial charge is 0.370 e. The van der Waals surface area contributed by atoms with Crippen LogP contribution in [0, 0.1) is 0 Å². The van der Waals surface area contributed by atoms with Crippen molar-refractivity contribution in [1.29, 1.82) is 0 Å². The maximum atomic E-state index is 12.1. The second-order valence-corrected chi connectivity index (χ2v) is 6.96. The Hall–Kier alpha value is -3.94. The lowest BCUT2D eigenvalue weighted by Crippen LogP contribution is -2.18. The van der Waals surface area contributed by atoms with Crippen molar-refractivity contribution in [2.24, 2.45) is 0 Å². The van der Waals surface area contributed by atoms with Crippen LogP contribution in [0.3, 0.4) is 0 Å². The molecule has 3 aromatic heterocycles. The van der Waals surface area contributed by atoms with E-state index < -0.39 is 0 Å². The lowest BCUT2D eigenvalue weighted by Gasteiger charge is -2.10. The molecule has 4 aromatic rings. The Bertz CT molecular complexity index is 1210. The second kappa shape index (κ2) is 9.25. The van der Waals surface area contributed by atoms with E-state index in [2.05, 4.69) is 35.6 Å². The highest BCUT2D eigenvalue weighted by molar-refractivity contribution is 6.06. The highest BCUT2D eigenvalue weighted by atomic mass is 16.1. The first-order chi connectivity index (χ1) is 15.2. The number of hydrogen-bond acceptors (Lipinski definition) is 7. The maximum Gasteiger partial charge on any atom is 0.251 e. The van der Waals surface area contributed by atoms with Crippen molar-refractivity contribution in [3.8, 4) is 11.3 Å². The zero-order valence-corrected chi connectivity index (χ0v) is 17.5. The van der Waals surface area contributed by atoms with Gasteiger partial charge in [-0.1, -0.05) is 25.1 Å². The van der Waals surface area contributed by atoms with Crippen molar-refractivity contribution in [1.82, 2.24) is 30.2 Å². The summed E-state index contributed by atoms with van der Waals surface area (Å²) in [5.41, 5.74) is 4.14. The van der Waals surface area contributed by atoms with Crippen LogP contribution in [0.2, 0.25) is 0 Å². The number of nitrogens with zero attached hydrogens (tertiary/aromatic N) is 5. The number of carbonyl (C=O) groups is 1. The van der Waals surface area contributed by atoms with Gasteiger partial charge in [0.25, 0.3) is 5.91 Å². The van der Waals surface area contributed by atoms with Gasteiger partial charge in [-0.15, -0.1) is 0 Å². The van der Waals surface area contributed by atoms with E-state index in [-0.39, 0.29) is 5.91 Å². The molecule has 8 nitrogen and oxygen atoms in total. The zero-order chi connectivity index (χ0) is 21.6. The fourth-order valence-corrected chi connectivity index (χ4v) is 3.38. The number of para-hydroxylation sites is 1. The Balaban J connectivity index is 1.48. The average Bonchev–Trinajstić information content (AvgIpc) is 2.83. The SMILES string of the molecule is CCc1ncc(-c2cc(NCCc3cccc4c(C(=O)NC)ccnc34)ncn2)cn1. The lowest BCUT2D eigenvalue weighted by molar-refractivity contribution is 0.0964. The van der Waals surface area contributed by atoms with Crippen LogP contribution in [-0.2, 0) is 12.8 Å². The van der Waals surface area contributed by atoms with Crippen LogP contribution in [0.4, 0.5) is 5.82 Å². The number of hydrogen-bond donors (Lipinski definition) is 2. The molecule has 0 saturated carbocycles. The summed E-state index contributed by atoms with van der Waals surface area (Å²) in [5.74, 6) is 1.41. The Morgan fingerprint density at radius 3 is 2.65 bits per heavy atom. The lowest BCUT2D eigenvalue weighted by atomic mass is 10.0. The molecule has 0 aliphatic rings. The van der Waals surface area contributed by atoms with Crippen LogP contribution < -0.4 is 10.6 Å². The Morgan fingerprint density at radius 1 is 1.03 bits per heavy atom. The van der Waals surface area contributed by atoms with Gasteiger partial charge in [0.05, 0.1) is 16.8 Å². The first-order valence-electron chi connectivity index (χ1n) is 10.2. The van der Waals surface area contributed by atoms with E-state index >= 15 is 0 Å². The number of aromatic nitrogens is 5. The number of fused-ring (bicyclic) bond motifs is 1. The molecule has 2 N–H and O–H groups in total. The van der Waals surface area contributed by atoms with Crippen molar-refractivity contribution in [2.75, 3.05) is 18.9 Å². The fourth-order valence-electron chi connectivity index (χ4n) is 3.38. The molecule has 1 amide bonds. The molecule has 0 fully saturated rings. The fraction of sp³-hybridized carbons (Fsp3) is 0.217. The van der Waals surface area contributed by atoms with E-state index in [1.807, 2.05) is 31.2 Å². The van der Waals surface area contributed by atoms with Gasteiger partial charge in [0.15, 0.2) is 0 Å². The van der Waals surface area contributed by atoms with E-state index in [1.165, 1.54) is 6.33 Å². The molecule has 0 bridgehead atoms. The van der Waals surface area contributed by atoms with Crippen LogP contribution in [0.1, 0.15) is 28.7 Å². The molecule has 0 radical (unpaired) electrons. The summed E-state index contributed by atoms with van der Waals surface area (Å²) in [6.07, 6.45) is 8.29. The normalized spacial score (nSPS) is 10.8. The van der Waals surface area contributed by atoms with E-state index in [0.29, 0.717) is 12.1 Å². The van der Waals surface area contributed by atoms with Crippen LogP contribution in [0.25, 0.3) is 22.2 Å². The molecule has 4 rings (SSSR count). The van der Waals surface area contributed by atoms with Crippen LogP contribution in [0.5, 0.6) is 0 Å². The third-order valence-electron chi connectivity index (χ3n) is 5.01. The summed E-state index contributed by atoms with van der Waals surface area (Å²) >= 11 is 0. The number of anilines is 1. The highest BCUT2D eigenvalue weighted by Crippen LogP contribution is 2.21. The van der Waals surface area contributed by atoms with E-state index in [0.717, 1.165) is 52.2 Å². The number of benzene rings is 1. The molecule has 1 aromatic carbocycles. The number of rotatable bonds is 7. The molecule has 0 unspecified atom stereocenters. The van der Waals surface area contributed by atoms with Gasteiger partial charge in [-0.25, -0.2) is 19.9 Å².